The molecule has 2 rings (SSSR count). The molecule has 1 atom stereocenters. The predicted molar refractivity (Wildman–Crippen MR) is 80.3 cm³/mol. The maximum atomic E-state index is 6.15. The molecule has 0 aliphatic rings. The van der Waals surface area contributed by atoms with Crippen LogP contribution in [-0.4, -0.2) is 0 Å². The maximum Gasteiger partial charge on any atom is 0.0412 e. The van der Waals surface area contributed by atoms with E-state index in [1.165, 1.54) is 22.3 Å². The molecule has 94 valence electrons. The van der Waals surface area contributed by atoms with Crippen molar-refractivity contribution in [3.05, 3.63) is 58.6 Å². The van der Waals surface area contributed by atoms with Gasteiger partial charge in [0.2, 0.25) is 0 Å². The molecule has 0 saturated heterocycles. The fourth-order valence-electron chi connectivity index (χ4n) is 2.24. The van der Waals surface area contributed by atoms with Crippen molar-refractivity contribution in [1.29, 1.82) is 0 Å². The van der Waals surface area contributed by atoms with Crippen LogP contribution in [0.2, 0.25) is 5.02 Å². The second kappa shape index (κ2) is 5.58. The zero-order chi connectivity index (χ0) is 13.1. The summed E-state index contributed by atoms with van der Waals surface area (Å²) < 4.78 is 0. The van der Waals surface area contributed by atoms with E-state index >= 15 is 0 Å². The van der Waals surface area contributed by atoms with Crippen molar-refractivity contribution in [2.75, 3.05) is 0 Å². The van der Waals surface area contributed by atoms with Crippen molar-refractivity contribution >= 4 is 11.6 Å². The summed E-state index contributed by atoms with van der Waals surface area (Å²) >= 11 is 6.15. The van der Waals surface area contributed by atoms with E-state index in [0.29, 0.717) is 5.92 Å². The van der Waals surface area contributed by atoms with Gasteiger partial charge in [0.1, 0.15) is 0 Å². The Kier molecular flexibility index (Phi) is 4.08. The molecule has 0 bridgehead atoms. The molecular formula is C17H19Cl. The number of aryl methyl sites for hydroxylation is 1. The smallest absolute Gasteiger partial charge is 0.0412 e. The van der Waals surface area contributed by atoms with Crippen LogP contribution >= 0.6 is 11.6 Å². The van der Waals surface area contributed by atoms with E-state index in [1.807, 2.05) is 6.07 Å². The predicted octanol–water partition coefficient (Wildman–Crippen LogP) is 5.83. The monoisotopic (exact) mass is 258 g/mol. The van der Waals surface area contributed by atoms with Crippen LogP contribution in [0.3, 0.4) is 0 Å². The van der Waals surface area contributed by atoms with Crippen molar-refractivity contribution in [3.8, 4) is 11.1 Å². The lowest BCUT2D eigenvalue weighted by Crippen LogP contribution is -1.95. The van der Waals surface area contributed by atoms with Crippen LogP contribution in [-0.2, 0) is 0 Å². The fourth-order valence-corrected chi connectivity index (χ4v) is 2.41. The lowest BCUT2D eigenvalue weighted by atomic mass is 9.90. The molecule has 0 heterocycles. The Balaban J connectivity index is 2.58. The quantitative estimate of drug-likeness (QED) is 0.650. The summed E-state index contributed by atoms with van der Waals surface area (Å²) in [5.74, 6) is 0.553. The van der Waals surface area contributed by atoms with Gasteiger partial charge in [0, 0.05) is 5.02 Å². The van der Waals surface area contributed by atoms with Crippen LogP contribution in [0.15, 0.2) is 42.5 Å². The van der Waals surface area contributed by atoms with Gasteiger partial charge in [-0.1, -0.05) is 61.3 Å². The molecule has 0 aliphatic heterocycles. The Bertz CT molecular complexity index is 543. The molecule has 0 saturated carbocycles. The third-order valence-corrected chi connectivity index (χ3v) is 3.72. The average molecular weight is 259 g/mol. The van der Waals surface area contributed by atoms with Gasteiger partial charge in [-0.3, -0.25) is 0 Å². The highest BCUT2D eigenvalue weighted by Crippen LogP contribution is 2.33. The van der Waals surface area contributed by atoms with Crippen molar-refractivity contribution in [2.45, 2.75) is 33.1 Å². The van der Waals surface area contributed by atoms with Gasteiger partial charge in [-0.05, 0) is 48.1 Å². The topological polar surface area (TPSA) is 0 Å². The van der Waals surface area contributed by atoms with Crippen LogP contribution < -0.4 is 0 Å². The van der Waals surface area contributed by atoms with Gasteiger partial charge in [-0.15, -0.1) is 0 Å². The number of hydrogen-bond acceptors (Lipinski definition) is 0. The van der Waals surface area contributed by atoms with E-state index in [1.54, 1.807) is 0 Å². The first-order chi connectivity index (χ1) is 8.61. The third-order valence-electron chi connectivity index (χ3n) is 3.49. The summed E-state index contributed by atoms with van der Waals surface area (Å²) in [5, 5.41) is 0.804. The van der Waals surface area contributed by atoms with Gasteiger partial charge in [0.05, 0.1) is 0 Å². The van der Waals surface area contributed by atoms with E-state index in [-0.39, 0.29) is 0 Å². The lowest BCUT2D eigenvalue weighted by molar-refractivity contribution is 0.735. The normalized spacial score (nSPS) is 12.4. The van der Waals surface area contributed by atoms with Gasteiger partial charge in [0.15, 0.2) is 0 Å². The fraction of sp³-hybridized carbons (Fsp3) is 0.294. The molecule has 0 nitrogen and oxygen atoms in total. The summed E-state index contributed by atoms with van der Waals surface area (Å²) in [7, 11) is 0. The molecule has 2 aromatic carbocycles. The largest absolute Gasteiger partial charge is 0.0843 e. The molecular weight excluding hydrogens is 240 g/mol. The van der Waals surface area contributed by atoms with E-state index in [4.69, 9.17) is 11.6 Å². The summed E-state index contributed by atoms with van der Waals surface area (Å²) in [6.45, 7) is 6.61. The van der Waals surface area contributed by atoms with Gasteiger partial charge < -0.3 is 0 Å². The van der Waals surface area contributed by atoms with Crippen LogP contribution in [0.1, 0.15) is 37.3 Å². The van der Waals surface area contributed by atoms with Gasteiger partial charge in [-0.25, -0.2) is 0 Å². The first-order valence-corrected chi connectivity index (χ1v) is 6.86. The first-order valence-electron chi connectivity index (χ1n) is 6.48. The Morgan fingerprint density at radius 2 is 1.89 bits per heavy atom. The first kappa shape index (κ1) is 13.2. The molecule has 0 N–H and O–H groups in total. The summed E-state index contributed by atoms with van der Waals surface area (Å²) in [6, 6.07) is 14.8. The molecule has 2 aromatic rings. The number of hydrogen-bond donors (Lipinski definition) is 0. The highest BCUT2D eigenvalue weighted by Gasteiger charge is 2.11. The van der Waals surface area contributed by atoms with Crippen LogP contribution in [0.5, 0.6) is 0 Å². The molecule has 0 fully saturated rings. The summed E-state index contributed by atoms with van der Waals surface area (Å²) in [6.07, 6.45) is 1.14. The van der Waals surface area contributed by atoms with E-state index < -0.39 is 0 Å². The summed E-state index contributed by atoms with van der Waals surface area (Å²) in [4.78, 5) is 0. The third kappa shape index (κ3) is 2.76. The Hall–Kier alpha value is -1.27. The van der Waals surface area contributed by atoms with E-state index in [0.717, 1.165) is 11.4 Å². The number of rotatable bonds is 3. The second-order valence-corrected chi connectivity index (χ2v) is 5.35. The standard InChI is InChI=1S/C17H19Cl/c1-4-13(3)16-9-8-15(18)11-17(16)14-7-5-6-12(2)10-14/h5-11,13H,4H2,1-3H3. The van der Waals surface area contributed by atoms with Crippen molar-refractivity contribution in [2.24, 2.45) is 0 Å². The minimum absolute atomic E-state index is 0.553. The van der Waals surface area contributed by atoms with Crippen molar-refractivity contribution in [1.82, 2.24) is 0 Å². The summed E-state index contributed by atoms with van der Waals surface area (Å²) in [5.41, 5.74) is 5.18. The molecule has 0 amide bonds. The van der Waals surface area contributed by atoms with Crippen LogP contribution in [0, 0.1) is 6.92 Å². The molecule has 0 radical (unpaired) electrons. The molecule has 18 heavy (non-hydrogen) atoms. The van der Waals surface area contributed by atoms with Gasteiger partial charge in [-0.2, -0.15) is 0 Å². The lowest BCUT2D eigenvalue weighted by Gasteiger charge is -2.16. The molecule has 0 aromatic heterocycles. The molecule has 0 aliphatic carbocycles. The van der Waals surface area contributed by atoms with Gasteiger partial charge in [0.25, 0.3) is 0 Å². The highest BCUT2D eigenvalue weighted by molar-refractivity contribution is 6.30. The maximum absolute atomic E-state index is 6.15. The Labute approximate surface area is 115 Å². The van der Waals surface area contributed by atoms with Crippen molar-refractivity contribution < 1.29 is 0 Å². The van der Waals surface area contributed by atoms with E-state index in [2.05, 4.69) is 57.2 Å². The minimum Gasteiger partial charge on any atom is -0.0843 e. The average Bonchev–Trinajstić information content (AvgIpc) is 2.38. The van der Waals surface area contributed by atoms with Crippen molar-refractivity contribution in [3.63, 3.8) is 0 Å². The Morgan fingerprint density at radius 1 is 1.11 bits per heavy atom. The minimum atomic E-state index is 0.553. The second-order valence-electron chi connectivity index (χ2n) is 4.91. The molecule has 1 unspecified atom stereocenters. The molecule has 0 spiro atoms. The zero-order valence-electron chi connectivity index (χ0n) is 11.2. The number of benzene rings is 2. The zero-order valence-corrected chi connectivity index (χ0v) is 12.0. The van der Waals surface area contributed by atoms with Gasteiger partial charge >= 0.3 is 0 Å². The highest BCUT2D eigenvalue weighted by atomic mass is 35.5. The SMILES string of the molecule is CCC(C)c1ccc(Cl)cc1-c1cccc(C)c1. The van der Waals surface area contributed by atoms with Crippen LogP contribution in [0.4, 0.5) is 0 Å². The van der Waals surface area contributed by atoms with E-state index in [9.17, 15) is 0 Å². The Morgan fingerprint density at radius 3 is 2.56 bits per heavy atom. The number of halogens is 1. The molecule has 1 heteroatoms. The van der Waals surface area contributed by atoms with Crippen LogP contribution in [0.25, 0.3) is 11.1 Å².